The van der Waals surface area contributed by atoms with E-state index in [1.807, 2.05) is 37.3 Å². The molecule has 0 aliphatic heterocycles. The first-order chi connectivity index (χ1) is 13.8. The Labute approximate surface area is 176 Å². The number of nitrogens with zero attached hydrogens (tertiary/aromatic N) is 3. The van der Waals surface area contributed by atoms with Gasteiger partial charge >= 0.3 is 0 Å². The molecule has 6 nitrogen and oxygen atoms in total. The topological polar surface area (TPSA) is 64.4 Å². The van der Waals surface area contributed by atoms with Crippen molar-refractivity contribution in [3.05, 3.63) is 69.8 Å². The van der Waals surface area contributed by atoms with Crippen molar-refractivity contribution < 1.29 is 9.47 Å². The normalized spacial score (nSPS) is 11.8. The summed E-state index contributed by atoms with van der Waals surface area (Å²) in [7, 11) is 1.65. The van der Waals surface area contributed by atoms with Crippen molar-refractivity contribution in [3.8, 4) is 11.5 Å². The van der Waals surface area contributed by atoms with E-state index in [0.717, 1.165) is 22.6 Å². The zero-order chi connectivity index (χ0) is 21.0. The molecule has 152 valence electrons. The van der Waals surface area contributed by atoms with E-state index in [0.29, 0.717) is 17.2 Å². The number of rotatable bonds is 6. The molecule has 1 heterocycles. The van der Waals surface area contributed by atoms with Gasteiger partial charge in [0.25, 0.3) is 0 Å². The van der Waals surface area contributed by atoms with E-state index in [2.05, 4.69) is 48.2 Å². The van der Waals surface area contributed by atoms with E-state index in [1.165, 1.54) is 5.56 Å². The lowest BCUT2D eigenvalue weighted by molar-refractivity contribution is 0.296. The number of benzene rings is 2. The summed E-state index contributed by atoms with van der Waals surface area (Å²) >= 11 is 5.17. The fourth-order valence-electron chi connectivity index (χ4n) is 2.83. The molecule has 0 radical (unpaired) electrons. The minimum Gasteiger partial charge on any atom is -0.496 e. The molecule has 0 unspecified atom stereocenters. The number of hydrogen-bond donors (Lipinski definition) is 1. The first-order valence-corrected chi connectivity index (χ1v) is 9.77. The quantitative estimate of drug-likeness (QED) is 0.458. The second kappa shape index (κ2) is 8.61. The SMILES string of the molecule is COc1ccc(/C=N\n2c(C)n[nH]c2=S)cc1COc1ccc(C(C)(C)C)cc1. The van der Waals surface area contributed by atoms with Gasteiger partial charge in [-0.05, 0) is 66.0 Å². The smallest absolute Gasteiger partial charge is 0.216 e. The van der Waals surface area contributed by atoms with Crippen LogP contribution in [0.15, 0.2) is 47.6 Å². The van der Waals surface area contributed by atoms with Crippen molar-refractivity contribution in [2.75, 3.05) is 7.11 Å². The number of aromatic amines is 1. The van der Waals surface area contributed by atoms with Crippen molar-refractivity contribution in [1.29, 1.82) is 0 Å². The molecular weight excluding hydrogens is 384 g/mol. The number of methoxy groups -OCH3 is 1. The molecule has 0 atom stereocenters. The summed E-state index contributed by atoms with van der Waals surface area (Å²) in [6.07, 6.45) is 1.74. The van der Waals surface area contributed by atoms with Gasteiger partial charge in [-0.15, -0.1) is 0 Å². The molecular formula is C22H26N4O2S. The number of aryl methyl sites for hydroxylation is 1. The highest BCUT2D eigenvalue weighted by Gasteiger charge is 2.13. The van der Waals surface area contributed by atoms with Gasteiger partial charge in [-0.25, -0.2) is 0 Å². The minimum absolute atomic E-state index is 0.117. The predicted octanol–water partition coefficient (Wildman–Crippen LogP) is 5.02. The van der Waals surface area contributed by atoms with E-state index >= 15 is 0 Å². The van der Waals surface area contributed by atoms with E-state index in [9.17, 15) is 0 Å². The molecule has 2 aromatic carbocycles. The predicted molar refractivity (Wildman–Crippen MR) is 118 cm³/mol. The Morgan fingerprint density at radius 2 is 1.90 bits per heavy atom. The largest absolute Gasteiger partial charge is 0.496 e. The maximum absolute atomic E-state index is 5.98. The molecule has 0 spiro atoms. The maximum Gasteiger partial charge on any atom is 0.216 e. The van der Waals surface area contributed by atoms with Crippen LogP contribution in [-0.4, -0.2) is 28.2 Å². The lowest BCUT2D eigenvalue weighted by atomic mass is 9.87. The lowest BCUT2D eigenvalue weighted by Crippen LogP contribution is -2.10. The van der Waals surface area contributed by atoms with Crippen LogP contribution >= 0.6 is 12.2 Å². The molecule has 0 aliphatic rings. The summed E-state index contributed by atoms with van der Waals surface area (Å²) in [6, 6.07) is 14.0. The highest BCUT2D eigenvalue weighted by Crippen LogP contribution is 2.26. The molecule has 0 saturated carbocycles. The lowest BCUT2D eigenvalue weighted by Gasteiger charge is -2.19. The monoisotopic (exact) mass is 410 g/mol. The van der Waals surface area contributed by atoms with Crippen molar-refractivity contribution in [2.24, 2.45) is 5.10 Å². The van der Waals surface area contributed by atoms with Crippen LogP contribution in [0.4, 0.5) is 0 Å². The summed E-state index contributed by atoms with van der Waals surface area (Å²) in [5.74, 6) is 2.28. The summed E-state index contributed by atoms with van der Waals surface area (Å²) in [6.45, 7) is 8.81. The van der Waals surface area contributed by atoms with E-state index in [1.54, 1.807) is 18.0 Å². The molecule has 0 bridgehead atoms. The summed E-state index contributed by atoms with van der Waals surface area (Å²) < 4.78 is 13.5. The fraction of sp³-hybridized carbons (Fsp3) is 0.318. The molecule has 3 rings (SSSR count). The number of H-pyrrole nitrogens is 1. The second-order valence-corrected chi connectivity index (χ2v) is 8.15. The molecule has 0 amide bonds. The Kier molecular flexibility index (Phi) is 6.17. The fourth-order valence-corrected chi connectivity index (χ4v) is 3.06. The van der Waals surface area contributed by atoms with Gasteiger partial charge in [-0.2, -0.15) is 14.9 Å². The van der Waals surface area contributed by atoms with Crippen molar-refractivity contribution in [1.82, 2.24) is 14.9 Å². The van der Waals surface area contributed by atoms with Gasteiger partial charge in [-0.3, -0.25) is 5.10 Å². The summed E-state index contributed by atoms with van der Waals surface area (Å²) in [4.78, 5) is 0. The summed E-state index contributed by atoms with van der Waals surface area (Å²) in [5.41, 5.74) is 3.23. The maximum atomic E-state index is 5.98. The molecule has 29 heavy (non-hydrogen) atoms. The average Bonchev–Trinajstić information content (AvgIpc) is 3.02. The van der Waals surface area contributed by atoms with Crippen molar-refractivity contribution >= 4 is 18.4 Å². The first-order valence-electron chi connectivity index (χ1n) is 9.36. The molecule has 1 N–H and O–H groups in total. The van der Waals surface area contributed by atoms with E-state index < -0.39 is 0 Å². The number of aromatic nitrogens is 3. The van der Waals surface area contributed by atoms with Crippen molar-refractivity contribution in [3.63, 3.8) is 0 Å². The minimum atomic E-state index is 0.117. The Morgan fingerprint density at radius 3 is 2.48 bits per heavy atom. The van der Waals surface area contributed by atoms with Gasteiger partial charge in [0.1, 0.15) is 23.9 Å². The standard InChI is InChI=1S/C22H26N4O2S/c1-15-24-25-21(29)26(15)23-13-16-6-11-20(27-5)17(12-16)14-28-19-9-7-18(8-10-19)22(2,3)4/h6-13H,14H2,1-5H3,(H,25,29)/b23-13-. The van der Waals surface area contributed by atoms with Crippen molar-refractivity contribution in [2.45, 2.75) is 39.7 Å². The second-order valence-electron chi connectivity index (χ2n) is 7.77. The van der Waals surface area contributed by atoms with Crippen LogP contribution in [0, 0.1) is 11.7 Å². The van der Waals surface area contributed by atoms with Crippen LogP contribution < -0.4 is 9.47 Å². The highest BCUT2D eigenvalue weighted by molar-refractivity contribution is 7.71. The Balaban J connectivity index is 1.76. The molecule has 0 saturated heterocycles. The van der Waals surface area contributed by atoms with Gasteiger partial charge in [0, 0.05) is 5.56 Å². The van der Waals surface area contributed by atoms with Crippen LogP contribution in [0.2, 0.25) is 0 Å². The van der Waals surface area contributed by atoms with Gasteiger partial charge in [0.05, 0.1) is 13.3 Å². The van der Waals surface area contributed by atoms with E-state index in [-0.39, 0.29) is 5.41 Å². The highest BCUT2D eigenvalue weighted by atomic mass is 32.1. The summed E-state index contributed by atoms with van der Waals surface area (Å²) in [5, 5.41) is 11.2. The van der Waals surface area contributed by atoms with Gasteiger partial charge in [0.2, 0.25) is 4.77 Å². The van der Waals surface area contributed by atoms with Crippen LogP contribution in [0.25, 0.3) is 0 Å². The third kappa shape index (κ3) is 5.12. The van der Waals surface area contributed by atoms with Gasteiger partial charge < -0.3 is 9.47 Å². The van der Waals surface area contributed by atoms with Crippen LogP contribution in [-0.2, 0) is 12.0 Å². The third-order valence-corrected chi connectivity index (χ3v) is 4.82. The van der Waals surface area contributed by atoms with Crippen LogP contribution in [0.5, 0.6) is 11.5 Å². The molecule has 1 aromatic heterocycles. The zero-order valence-electron chi connectivity index (χ0n) is 17.4. The molecule has 0 aliphatic carbocycles. The molecule has 0 fully saturated rings. The Hall–Kier alpha value is -2.93. The third-order valence-electron chi connectivity index (χ3n) is 4.55. The molecule has 7 heteroatoms. The van der Waals surface area contributed by atoms with E-state index in [4.69, 9.17) is 21.7 Å². The number of nitrogens with one attached hydrogen (secondary N) is 1. The molecule has 3 aromatic rings. The Morgan fingerprint density at radius 1 is 1.17 bits per heavy atom. The average molecular weight is 411 g/mol. The van der Waals surface area contributed by atoms with Gasteiger partial charge in [-0.1, -0.05) is 32.9 Å². The first kappa shape index (κ1) is 20.8. The number of hydrogen-bond acceptors (Lipinski definition) is 5. The number of ether oxygens (including phenoxy) is 2. The Bertz CT molecular complexity index is 1060. The van der Waals surface area contributed by atoms with Crippen LogP contribution in [0.3, 0.4) is 0 Å². The zero-order valence-corrected chi connectivity index (χ0v) is 18.2. The van der Waals surface area contributed by atoms with Crippen LogP contribution in [0.1, 0.15) is 43.3 Å². The van der Waals surface area contributed by atoms with Gasteiger partial charge in [0.15, 0.2) is 0 Å².